The third-order valence-corrected chi connectivity index (χ3v) is 3.18. The number of likely N-dealkylation sites (tertiary alicyclic amines) is 1. The van der Waals surface area contributed by atoms with Gasteiger partial charge in [-0.15, -0.1) is 0 Å². The van der Waals surface area contributed by atoms with Gasteiger partial charge in [-0.3, -0.25) is 15.0 Å². The van der Waals surface area contributed by atoms with E-state index in [-0.39, 0.29) is 11.8 Å². The lowest BCUT2D eigenvalue weighted by Gasteiger charge is -2.27. The Balaban J connectivity index is 2.18. The summed E-state index contributed by atoms with van der Waals surface area (Å²) in [7, 11) is 0. The van der Waals surface area contributed by atoms with Crippen molar-refractivity contribution in [2.45, 2.75) is 25.8 Å². The molecule has 1 saturated heterocycles. The largest absolute Gasteiger partial charge is 0.338 e. The average Bonchev–Trinajstić information content (AvgIpc) is 2.41. The number of nitrogen functional groups attached to an aromatic ring is 1. The quantitative estimate of drug-likeness (QED) is 0.471. The number of hydrogen-bond acceptors (Lipinski definition) is 3. The highest BCUT2D eigenvalue weighted by atomic mass is 16.2. The zero-order valence-electron chi connectivity index (χ0n) is 10.2. The molecule has 1 fully saturated rings. The maximum atomic E-state index is 11.8. The van der Waals surface area contributed by atoms with Crippen LogP contribution in [-0.2, 0) is 11.3 Å². The number of nitrogens with zero attached hydrogens (tertiary/aromatic N) is 1. The summed E-state index contributed by atoms with van der Waals surface area (Å²) in [6, 6.07) is 7.21. The summed E-state index contributed by atoms with van der Waals surface area (Å²) in [5.74, 6) is 4.99. The number of nitrogens with one attached hydrogen (secondary N) is 1. The summed E-state index contributed by atoms with van der Waals surface area (Å²) in [5, 5.41) is 0. The number of hydrazine groups is 1. The smallest absolute Gasteiger partial charge is 0.265 e. The van der Waals surface area contributed by atoms with Gasteiger partial charge in [0.25, 0.3) is 5.91 Å². The predicted octanol–water partition coefficient (Wildman–Crippen LogP) is 0.803. The van der Waals surface area contributed by atoms with Crippen molar-refractivity contribution >= 4 is 11.8 Å². The van der Waals surface area contributed by atoms with Gasteiger partial charge in [-0.25, -0.2) is 5.84 Å². The molecule has 0 unspecified atom stereocenters. The third-order valence-electron chi connectivity index (χ3n) is 3.18. The Morgan fingerprint density at radius 2 is 2.11 bits per heavy atom. The Hall–Kier alpha value is -1.88. The Morgan fingerprint density at radius 1 is 1.33 bits per heavy atom. The van der Waals surface area contributed by atoms with E-state index in [1.54, 1.807) is 17.0 Å². The number of carbonyl (C=O) groups is 2. The van der Waals surface area contributed by atoms with Gasteiger partial charge in [0.15, 0.2) is 0 Å². The molecule has 0 bridgehead atoms. The maximum absolute atomic E-state index is 11.8. The molecule has 18 heavy (non-hydrogen) atoms. The van der Waals surface area contributed by atoms with Crippen LogP contribution in [0.4, 0.5) is 0 Å². The van der Waals surface area contributed by atoms with Crippen LogP contribution in [0.2, 0.25) is 0 Å². The molecular weight excluding hydrogens is 230 g/mol. The van der Waals surface area contributed by atoms with Crippen molar-refractivity contribution in [3.8, 4) is 0 Å². The summed E-state index contributed by atoms with van der Waals surface area (Å²) in [6.45, 7) is 1.24. The molecule has 5 nitrogen and oxygen atoms in total. The Kier molecular flexibility index (Phi) is 3.94. The van der Waals surface area contributed by atoms with Gasteiger partial charge in [-0.1, -0.05) is 18.2 Å². The molecule has 2 amide bonds. The molecule has 0 spiro atoms. The number of hydrogen-bond donors (Lipinski definition) is 2. The van der Waals surface area contributed by atoms with E-state index in [1.807, 2.05) is 12.1 Å². The number of nitrogens with two attached hydrogens (primary N) is 1. The second-order valence-corrected chi connectivity index (χ2v) is 4.40. The second-order valence-electron chi connectivity index (χ2n) is 4.40. The lowest BCUT2D eigenvalue weighted by atomic mass is 10.0. The first-order valence-corrected chi connectivity index (χ1v) is 6.09. The van der Waals surface area contributed by atoms with Crippen molar-refractivity contribution in [1.29, 1.82) is 0 Å². The molecule has 1 aromatic rings. The first kappa shape index (κ1) is 12.6. The molecular formula is C13H17N3O2. The average molecular weight is 247 g/mol. The predicted molar refractivity (Wildman–Crippen MR) is 67.4 cm³/mol. The lowest BCUT2D eigenvalue weighted by molar-refractivity contribution is -0.133. The number of carbonyl (C=O) groups excluding carboxylic acids is 2. The minimum atomic E-state index is -0.324. The van der Waals surface area contributed by atoms with Crippen LogP contribution in [0.3, 0.4) is 0 Å². The third kappa shape index (κ3) is 2.68. The van der Waals surface area contributed by atoms with Crippen LogP contribution >= 0.6 is 0 Å². The zero-order chi connectivity index (χ0) is 13.0. The molecule has 0 saturated carbocycles. The van der Waals surface area contributed by atoms with Gasteiger partial charge in [0.05, 0.1) is 0 Å². The SMILES string of the molecule is NNC(=O)c1ccccc1CN1CCCCC1=O. The molecule has 2 rings (SSSR count). The summed E-state index contributed by atoms with van der Waals surface area (Å²) in [6.07, 6.45) is 2.59. The van der Waals surface area contributed by atoms with Gasteiger partial charge in [-0.05, 0) is 24.5 Å². The van der Waals surface area contributed by atoms with Crippen molar-refractivity contribution in [1.82, 2.24) is 10.3 Å². The van der Waals surface area contributed by atoms with Crippen LogP contribution in [0, 0.1) is 0 Å². The van der Waals surface area contributed by atoms with E-state index >= 15 is 0 Å². The summed E-state index contributed by atoms with van der Waals surface area (Å²) in [5.41, 5.74) is 3.48. The van der Waals surface area contributed by atoms with Gasteiger partial charge in [0, 0.05) is 25.1 Å². The number of benzene rings is 1. The number of rotatable bonds is 3. The Bertz CT molecular complexity index is 459. The van der Waals surface area contributed by atoms with Gasteiger partial charge >= 0.3 is 0 Å². The van der Waals surface area contributed by atoms with Gasteiger partial charge in [0.1, 0.15) is 0 Å². The van der Waals surface area contributed by atoms with E-state index in [4.69, 9.17) is 5.84 Å². The lowest BCUT2D eigenvalue weighted by Crippen LogP contribution is -2.36. The van der Waals surface area contributed by atoms with E-state index in [1.165, 1.54) is 0 Å². The monoisotopic (exact) mass is 247 g/mol. The number of piperidine rings is 1. The fourth-order valence-corrected chi connectivity index (χ4v) is 2.19. The maximum Gasteiger partial charge on any atom is 0.265 e. The minimum Gasteiger partial charge on any atom is -0.338 e. The summed E-state index contributed by atoms with van der Waals surface area (Å²) in [4.78, 5) is 25.2. The standard InChI is InChI=1S/C13H17N3O2/c14-15-13(18)11-6-2-1-5-10(11)9-16-8-4-3-7-12(16)17/h1-2,5-6H,3-4,7-9,14H2,(H,15,18). The fraction of sp³-hybridized carbons (Fsp3) is 0.385. The highest BCUT2D eigenvalue weighted by molar-refractivity contribution is 5.95. The molecule has 1 aliphatic rings. The van der Waals surface area contributed by atoms with Crippen molar-refractivity contribution in [3.05, 3.63) is 35.4 Å². The van der Waals surface area contributed by atoms with Gasteiger partial charge in [0.2, 0.25) is 5.91 Å². The zero-order valence-corrected chi connectivity index (χ0v) is 10.2. The van der Waals surface area contributed by atoms with Crippen LogP contribution in [0.5, 0.6) is 0 Å². The van der Waals surface area contributed by atoms with E-state index in [0.717, 1.165) is 24.9 Å². The van der Waals surface area contributed by atoms with Crippen LogP contribution in [0.1, 0.15) is 35.2 Å². The first-order valence-electron chi connectivity index (χ1n) is 6.09. The molecule has 0 radical (unpaired) electrons. The molecule has 5 heteroatoms. The van der Waals surface area contributed by atoms with Crippen LogP contribution in [0.25, 0.3) is 0 Å². The van der Waals surface area contributed by atoms with Gasteiger partial charge < -0.3 is 4.90 Å². The second kappa shape index (κ2) is 5.64. The van der Waals surface area contributed by atoms with E-state index in [9.17, 15) is 9.59 Å². The molecule has 0 aliphatic carbocycles. The molecule has 1 aliphatic heterocycles. The molecule has 1 aromatic carbocycles. The number of amides is 2. The Morgan fingerprint density at radius 3 is 2.83 bits per heavy atom. The van der Waals surface area contributed by atoms with Crippen molar-refractivity contribution in [3.63, 3.8) is 0 Å². The minimum absolute atomic E-state index is 0.157. The fourth-order valence-electron chi connectivity index (χ4n) is 2.19. The molecule has 0 atom stereocenters. The van der Waals surface area contributed by atoms with Crippen molar-refractivity contribution in [2.24, 2.45) is 5.84 Å². The van der Waals surface area contributed by atoms with Crippen LogP contribution in [-0.4, -0.2) is 23.3 Å². The summed E-state index contributed by atoms with van der Waals surface area (Å²) < 4.78 is 0. The first-order chi connectivity index (χ1) is 8.72. The van der Waals surface area contributed by atoms with Crippen LogP contribution in [0.15, 0.2) is 24.3 Å². The normalized spacial score (nSPS) is 15.6. The highest BCUT2D eigenvalue weighted by Crippen LogP contribution is 2.17. The van der Waals surface area contributed by atoms with Crippen LogP contribution < -0.4 is 11.3 Å². The van der Waals surface area contributed by atoms with Gasteiger partial charge in [-0.2, -0.15) is 0 Å². The molecule has 96 valence electrons. The Labute approximate surface area is 106 Å². The molecule has 0 aromatic heterocycles. The highest BCUT2D eigenvalue weighted by Gasteiger charge is 2.20. The van der Waals surface area contributed by atoms with E-state index in [2.05, 4.69) is 5.43 Å². The molecule has 3 N–H and O–H groups in total. The van der Waals surface area contributed by atoms with Crippen molar-refractivity contribution in [2.75, 3.05) is 6.54 Å². The topological polar surface area (TPSA) is 75.4 Å². The van der Waals surface area contributed by atoms with E-state index < -0.39 is 0 Å². The summed E-state index contributed by atoms with van der Waals surface area (Å²) >= 11 is 0. The van der Waals surface area contributed by atoms with E-state index in [0.29, 0.717) is 18.5 Å². The molecule has 1 heterocycles. The van der Waals surface area contributed by atoms with Crippen molar-refractivity contribution < 1.29 is 9.59 Å².